The molecule has 0 aliphatic rings. The van der Waals surface area contributed by atoms with Crippen molar-refractivity contribution < 1.29 is 9.53 Å². The number of ether oxygens (including phenoxy) is 1. The molecule has 0 aliphatic carbocycles. The molecule has 0 spiro atoms. The summed E-state index contributed by atoms with van der Waals surface area (Å²) in [4.78, 5) is 12.6. The van der Waals surface area contributed by atoms with E-state index in [4.69, 9.17) is 10.5 Å². The number of carbonyl (C=O) groups is 1. The Morgan fingerprint density at radius 1 is 1.00 bits per heavy atom. The molecule has 20 heavy (non-hydrogen) atoms. The zero-order valence-electron chi connectivity index (χ0n) is 12.3. The molecule has 3 nitrogen and oxygen atoms in total. The molecule has 2 N–H and O–H groups in total. The maximum Gasteiger partial charge on any atom is 0.193 e. The molecule has 0 radical (unpaired) electrons. The molecule has 0 aromatic heterocycles. The van der Waals surface area contributed by atoms with E-state index in [0.717, 1.165) is 22.4 Å². The highest BCUT2D eigenvalue weighted by Crippen LogP contribution is 2.25. The van der Waals surface area contributed by atoms with Crippen molar-refractivity contribution in [1.82, 2.24) is 0 Å². The van der Waals surface area contributed by atoms with Crippen LogP contribution in [0.15, 0.2) is 30.3 Å². The lowest BCUT2D eigenvalue weighted by molar-refractivity contribution is 0.103. The van der Waals surface area contributed by atoms with Gasteiger partial charge in [-0.15, -0.1) is 0 Å². The molecule has 2 aromatic rings. The summed E-state index contributed by atoms with van der Waals surface area (Å²) >= 11 is 0. The van der Waals surface area contributed by atoms with Gasteiger partial charge in [0.1, 0.15) is 5.75 Å². The Kier molecular flexibility index (Phi) is 3.79. The molecule has 0 heterocycles. The van der Waals surface area contributed by atoms with Crippen molar-refractivity contribution in [2.75, 3.05) is 12.8 Å². The average Bonchev–Trinajstić information content (AvgIpc) is 2.43. The number of ketones is 1. The molecule has 0 amide bonds. The first-order valence-electron chi connectivity index (χ1n) is 6.50. The third-order valence-corrected chi connectivity index (χ3v) is 3.53. The van der Waals surface area contributed by atoms with Crippen LogP contribution in [0.25, 0.3) is 0 Å². The number of hydrogen-bond acceptors (Lipinski definition) is 3. The monoisotopic (exact) mass is 269 g/mol. The number of benzene rings is 2. The fraction of sp³-hybridized carbons (Fsp3) is 0.235. The molecule has 2 aromatic carbocycles. The number of nitrogen functional groups attached to an aromatic ring is 1. The summed E-state index contributed by atoms with van der Waals surface area (Å²) in [5.74, 6) is 0.780. The molecule has 0 saturated carbocycles. The van der Waals surface area contributed by atoms with E-state index < -0.39 is 0 Å². The van der Waals surface area contributed by atoms with Crippen molar-refractivity contribution in [3.8, 4) is 5.75 Å². The summed E-state index contributed by atoms with van der Waals surface area (Å²) in [5.41, 5.74) is 10.6. The number of nitrogens with two attached hydrogens (primary N) is 1. The molecular formula is C17H19NO2. The molecule has 2 rings (SSSR count). The number of aryl methyl sites for hydroxylation is 3. The first-order chi connectivity index (χ1) is 9.43. The van der Waals surface area contributed by atoms with E-state index in [0.29, 0.717) is 16.8 Å². The van der Waals surface area contributed by atoms with Gasteiger partial charge in [-0.2, -0.15) is 0 Å². The van der Waals surface area contributed by atoms with Crippen LogP contribution in [-0.4, -0.2) is 12.9 Å². The second-order valence-corrected chi connectivity index (χ2v) is 5.04. The first-order valence-corrected chi connectivity index (χ1v) is 6.50. The maximum absolute atomic E-state index is 12.6. The van der Waals surface area contributed by atoms with Gasteiger partial charge in [0.25, 0.3) is 0 Å². The maximum atomic E-state index is 12.6. The summed E-state index contributed by atoms with van der Waals surface area (Å²) in [5, 5.41) is 0. The number of rotatable bonds is 3. The lowest BCUT2D eigenvalue weighted by Crippen LogP contribution is -2.06. The number of hydrogen-bond donors (Lipinski definition) is 1. The summed E-state index contributed by atoms with van der Waals surface area (Å²) in [6.07, 6.45) is 0. The largest absolute Gasteiger partial charge is 0.496 e. The molecule has 3 heteroatoms. The molecule has 0 saturated heterocycles. The molecule has 0 aliphatic heterocycles. The average molecular weight is 269 g/mol. The predicted octanol–water partition coefficient (Wildman–Crippen LogP) is 3.43. The van der Waals surface area contributed by atoms with Gasteiger partial charge in [-0.1, -0.05) is 12.1 Å². The topological polar surface area (TPSA) is 52.3 Å². The van der Waals surface area contributed by atoms with Crippen LogP contribution in [0.4, 0.5) is 5.69 Å². The van der Waals surface area contributed by atoms with Crippen molar-refractivity contribution in [3.63, 3.8) is 0 Å². The van der Waals surface area contributed by atoms with Gasteiger partial charge in [-0.05, 0) is 55.7 Å². The highest BCUT2D eigenvalue weighted by molar-refractivity contribution is 6.10. The van der Waals surface area contributed by atoms with E-state index in [9.17, 15) is 4.79 Å². The van der Waals surface area contributed by atoms with Crippen LogP contribution in [0.5, 0.6) is 5.75 Å². The summed E-state index contributed by atoms with van der Waals surface area (Å²) in [6, 6.07) is 9.17. The standard InChI is InChI=1S/C17H19NO2/c1-10-5-6-13(9-15(10)18)17(19)14-7-12(3)16(20-4)8-11(14)2/h5-9H,18H2,1-4H3. The third kappa shape index (κ3) is 2.52. The molecule has 104 valence electrons. The molecule has 0 atom stereocenters. The van der Waals surface area contributed by atoms with Gasteiger partial charge in [0.05, 0.1) is 7.11 Å². The van der Waals surface area contributed by atoms with Gasteiger partial charge in [-0.3, -0.25) is 4.79 Å². The quantitative estimate of drug-likeness (QED) is 0.686. The van der Waals surface area contributed by atoms with E-state index in [1.165, 1.54) is 0 Å². The Labute approximate surface area is 119 Å². The zero-order chi connectivity index (χ0) is 14.9. The second-order valence-electron chi connectivity index (χ2n) is 5.04. The number of anilines is 1. The van der Waals surface area contributed by atoms with E-state index in [1.807, 2.05) is 45.0 Å². The van der Waals surface area contributed by atoms with Crippen LogP contribution in [0.1, 0.15) is 32.6 Å². The molecule has 0 fully saturated rings. The smallest absolute Gasteiger partial charge is 0.193 e. The minimum absolute atomic E-state index is 0.0139. The van der Waals surface area contributed by atoms with Crippen LogP contribution in [-0.2, 0) is 0 Å². The molecule has 0 unspecified atom stereocenters. The van der Waals surface area contributed by atoms with Crippen molar-refractivity contribution in [3.05, 3.63) is 58.1 Å². The van der Waals surface area contributed by atoms with Crippen LogP contribution < -0.4 is 10.5 Å². The Hall–Kier alpha value is -2.29. The summed E-state index contributed by atoms with van der Waals surface area (Å²) in [7, 11) is 1.63. The van der Waals surface area contributed by atoms with Gasteiger partial charge < -0.3 is 10.5 Å². The van der Waals surface area contributed by atoms with Crippen LogP contribution in [0.2, 0.25) is 0 Å². The minimum atomic E-state index is -0.0139. The summed E-state index contributed by atoms with van der Waals surface area (Å²) < 4.78 is 5.27. The van der Waals surface area contributed by atoms with Crippen LogP contribution in [0.3, 0.4) is 0 Å². The van der Waals surface area contributed by atoms with E-state index in [-0.39, 0.29) is 5.78 Å². The Balaban J connectivity index is 2.48. The minimum Gasteiger partial charge on any atom is -0.496 e. The van der Waals surface area contributed by atoms with Gasteiger partial charge in [-0.25, -0.2) is 0 Å². The summed E-state index contributed by atoms with van der Waals surface area (Å²) in [6.45, 7) is 5.76. The lowest BCUT2D eigenvalue weighted by atomic mass is 9.96. The SMILES string of the molecule is COc1cc(C)c(C(=O)c2ccc(C)c(N)c2)cc1C. The van der Waals surface area contributed by atoms with E-state index >= 15 is 0 Å². The van der Waals surface area contributed by atoms with Crippen LogP contribution in [0, 0.1) is 20.8 Å². The first kappa shape index (κ1) is 14.1. The third-order valence-electron chi connectivity index (χ3n) is 3.53. The zero-order valence-corrected chi connectivity index (χ0v) is 12.3. The highest BCUT2D eigenvalue weighted by atomic mass is 16.5. The van der Waals surface area contributed by atoms with Gasteiger partial charge >= 0.3 is 0 Å². The van der Waals surface area contributed by atoms with Gasteiger partial charge in [0, 0.05) is 16.8 Å². The fourth-order valence-corrected chi connectivity index (χ4v) is 2.19. The molecule has 0 bridgehead atoms. The predicted molar refractivity (Wildman–Crippen MR) is 81.5 cm³/mol. The van der Waals surface area contributed by atoms with Gasteiger partial charge in [0.2, 0.25) is 0 Å². The van der Waals surface area contributed by atoms with Crippen molar-refractivity contribution >= 4 is 11.5 Å². The normalized spacial score (nSPS) is 10.4. The Morgan fingerprint density at radius 2 is 1.70 bits per heavy atom. The Morgan fingerprint density at radius 3 is 2.30 bits per heavy atom. The number of methoxy groups -OCH3 is 1. The van der Waals surface area contributed by atoms with Crippen molar-refractivity contribution in [1.29, 1.82) is 0 Å². The van der Waals surface area contributed by atoms with E-state index in [2.05, 4.69) is 0 Å². The molecular weight excluding hydrogens is 250 g/mol. The van der Waals surface area contributed by atoms with Crippen molar-refractivity contribution in [2.45, 2.75) is 20.8 Å². The van der Waals surface area contributed by atoms with Gasteiger partial charge in [0.15, 0.2) is 5.78 Å². The second kappa shape index (κ2) is 5.37. The number of carbonyl (C=O) groups excluding carboxylic acids is 1. The van der Waals surface area contributed by atoms with Crippen LogP contribution >= 0.6 is 0 Å². The van der Waals surface area contributed by atoms with E-state index in [1.54, 1.807) is 13.2 Å². The fourth-order valence-electron chi connectivity index (χ4n) is 2.19. The Bertz CT molecular complexity index is 675. The van der Waals surface area contributed by atoms with Crippen molar-refractivity contribution in [2.24, 2.45) is 0 Å². The highest BCUT2D eigenvalue weighted by Gasteiger charge is 2.14. The lowest BCUT2D eigenvalue weighted by Gasteiger charge is -2.11.